The van der Waals surface area contributed by atoms with Crippen LogP contribution in [0.4, 0.5) is 14.6 Å². The minimum Gasteiger partial charge on any atom is -0.481 e. The second kappa shape index (κ2) is 10.6. The molecule has 1 aliphatic rings. The molecule has 0 saturated heterocycles. The number of alkyl halides is 2. The number of halogens is 2. The summed E-state index contributed by atoms with van der Waals surface area (Å²) in [6, 6.07) is 4.08. The van der Waals surface area contributed by atoms with Crippen molar-refractivity contribution in [2.75, 3.05) is 11.9 Å². The maximum absolute atomic E-state index is 14.6. The Morgan fingerprint density at radius 2 is 2.00 bits per heavy atom. The van der Waals surface area contributed by atoms with Crippen molar-refractivity contribution < 1.29 is 18.7 Å². The van der Waals surface area contributed by atoms with Crippen LogP contribution in [0.3, 0.4) is 0 Å². The summed E-state index contributed by atoms with van der Waals surface area (Å²) in [5, 5.41) is 12.5. The van der Waals surface area contributed by atoms with E-state index in [9.17, 15) is 13.6 Å². The van der Waals surface area contributed by atoms with Crippen LogP contribution < -0.4 is 5.32 Å². The van der Waals surface area contributed by atoms with Gasteiger partial charge < -0.3 is 10.4 Å². The Hall–Kier alpha value is -2.64. The van der Waals surface area contributed by atoms with Gasteiger partial charge in [-0.05, 0) is 62.6 Å². The molecule has 3 heterocycles. The molecule has 6 nitrogen and oxygen atoms in total. The van der Waals surface area contributed by atoms with Crippen molar-refractivity contribution >= 4 is 11.8 Å². The van der Waals surface area contributed by atoms with Gasteiger partial charge in [-0.25, -0.2) is 23.7 Å². The van der Waals surface area contributed by atoms with Gasteiger partial charge in [0.05, 0.1) is 6.42 Å². The predicted octanol–water partition coefficient (Wildman–Crippen LogP) is 4.92. The molecule has 0 radical (unpaired) electrons. The van der Waals surface area contributed by atoms with E-state index >= 15 is 0 Å². The van der Waals surface area contributed by atoms with E-state index in [1.807, 2.05) is 6.07 Å². The average molecular weight is 433 g/mol. The zero-order chi connectivity index (χ0) is 22.3. The summed E-state index contributed by atoms with van der Waals surface area (Å²) in [5.74, 6) is -3.42. The van der Waals surface area contributed by atoms with Gasteiger partial charge in [-0.1, -0.05) is 6.07 Å². The number of fused-ring (bicyclic) bond motifs is 1. The number of unbranched alkanes of at least 4 members (excludes halogenated alkanes) is 1. The molecule has 168 valence electrons. The third kappa shape index (κ3) is 7.22. The summed E-state index contributed by atoms with van der Waals surface area (Å²) in [6.45, 7) is 2.61. The topological polar surface area (TPSA) is 88.0 Å². The van der Waals surface area contributed by atoms with Crippen LogP contribution in [0.2, 0.25) is 0 Å². The zero-order valence-corrected chi connectivity index (χ0v) is 17.9. The lowest BCUT2D eigenvalue weighted by molar-refractivity contribution is -0.138. The number of aliphatic carboxylic acids is 1. The Kier molecular flexibility index (Phi) is 7.87. The number of carbonyl (C=O) groups is 1. The Labute approximate surface area is 181 Å². The molecule has 0 saturated carbocycles. The van der Waals surface area contributed by atoms with Crippen LogP contribution in [0, 0.1) is 6.92 Å². The van der Waals surface area contributed by atoms with Gasteiger partial charge >= 0.3 is 5.97 Å². The van der Waals surface area contributed by atoms with E-state index < -0.39 is 24.2 Å². The number of hydrogen-bond acceptors (Lipinski definition) is 5. The van der Waals surface area contributed by atoms with Crippen LogP contribution in [0.25, 0.3) is 0 Å². The Morgan fingerprint density at radius 1 is 1.23 bits per heavy atom. The number of pyridine rings is 1. The molecule has 0 amide bonds. The quantitative estimate of drug-likeness (QED) is 0.518. The molecular weight excluding hydrogens is 402 g/mol. The minimum atomic E-state index is -2.95. The zero-order valence-electron chi connectivity index (χ0n) is 17.9. The van der Waals surface area contributed by atoms with Gasteiger partial charge in [-0.3, -0.25) is 4.79 Å². The first-order valence-corrected chi connectivity index (χ1v) is 10.9. The number of carboxylic acids is 1. The van der Waals surface area contributed by atoms with E-state index in [1.165, 1.54) is 18.0 Å². The minimum absolute atomic E-state index is 0.279. The molecule has 0 spiro atoms. The maximum atomic E-state index is 14.6. The molecule has 2 aromatic heterocycles. The van der Waals surface area contributed by atoms with Crippen molar-refractivity contribution in [2.24, 2.45) is 0 Å². The molecule has 0 aliphatic carbocycles. The van der Waals surface area contributed by atoms with E-state index in [0.29, 0.717) is 30.7 Å². The van der Waals surface area contributed by atoms with Crippen molar-refractivity contribution in [1.82, 2.24) is 15.0 Å². The van der Waals surface area contributed by atoms with Gasteiger partial charge in [0.25, 0.3) is 0 Å². The summed E-state index contributed by atoms with van der Waals surface area (Å²) < 4.78 is 29.3. The van der Waals surface area contributed by atoms with Crippen LogP contribution in [-0.4, -0.2) is 38.5 Å². The van der Waals surface area contributed by atoms with E-state index in [2.05, 4.69) is 26.3 Å². The standard InChI is InChI=1S/C23H30F2N4O2/c1-16-27-14-19(15-28-16)18(12-21(30)31)13-23(24,25)10-4-2-7-20-9-8-17-6-3-5-11-26-22(17)29-20/h8-9,14-15,18H,2-7,10-13H2,1H3,(H,26,29)(H,30,31)/t18-/m0/s1. The van der Waals surface area contributed by atoms with Crippen molar-refractivity contribution in [2.45, 2.75) is 76.6 Å². The van der Waals surface area contributed by atoms with E-state index in [4.69, 9.17) is 5.11 Å². The van der Waals surface area contributed by atoms with Crippen LogP contribution in [-0.2, 0) is 17.6 Å². The monoisotopic (exact) mass is 432 g/mol. The number of nitrogens with zero attached hydrogens (tertiary/aromatic N) is 3. The maximum Gasteiger partial charge on any atom is 0.303 e. The highest BCUT2D eigenvalue weighted by atomic mass is 19.3. The molecule has 3 rings (SSSR count). The molecule has 1 atom stereocenters. The van der Waals surface area contributed by atoms with Gasteiger partial charge in [-0.2, -0.15) is 0 Å². The van der Waals surface area contributed by atoms with Crippen molar-refractivity contribution in [1.29, 1.82) is 0 Å². The largest absolute Gasteiger partial charge is 0.481 e. The summed E-state index contributed by atoms with van der Waals surface area (Å²) in [4.78, 5) is 23.9. The number of aryl methyl sites for hydroxylation is 3. The van der Waals surface area contributed by atoms with Crippen LogP contribution in [0.1, 0.15) is 73.5 Å². The Morgan fingerprint density at radius 3 is 2.74 bits per heavy atom. The second-order valence-electron chi connectivity index (χ2n) is 8.32. The molecule has 31 heavy (non-hydrogen) atoms. The van der Waals surface area contributed by atoms with Crippen molar-refractivity contribution in [3.05, 3.63) is 47.2 Å². The fourth-order valence-electron chi connectivity index (χ4n) is 3.95. The molecule has 8 heteroatoms. The van der Waals surface area contributed by atoms with E-state index in [-0.39, 0.29) is 12.8 Å². The lowest BCUT2D eigenvalue weighted by Gasteiger charge is -2.22. The molecule has 2 aromatic rings. The Bertz CT molecular complexity index is 874. The molecule has 0 bridgehead atoms. The summed E-state index contributed by atoms with van der Waals surface area (Å²) in [5.41, 5.74) is 2.57. The average Bonchev–Trinajstić information content (AvgIpc) is 2.96. The van der Waals surface area contributed by atoms with Crippen LogP contribution in [0.15, 0.2) is 24.5 Å². The predicted molar refractivity (Wildman–Crippen MR) is 115 cm³/mol. The highest BCUT2D eigenvalue weighted by molar-refractivity contribution is 5.68. The van der Waals surface area contributed by atoms with Crippen LogP contribution in [0.5, 0.6) is 0 Å². The van der Waals surface area contributed by atoms with Gasteiger partial charge in [-0.15, -0.1) is 0 Å². The SMILES string of the molecule is Cc1ncc([C@@H](CC(=O)O)CC(F)(F)CCCCc2ccc3c(n2)NCCCC3)cn1. The lowest BCUT2D eigenvalue weighted by atomic mass is 9.89. The normalized spacial score (nSPS) is 14.9. The first kappa shape index (κ1) is 23.0. The van der Waals surface area contributed by atoms with Crippen molar-refractivity contribution in [3.8, 4) is 0 Å². The number of aromatic nitrogens is 3. The number of anilines is 1. The fraction of sp³-hybridized carbons (Fsp3) is 0.565. The first-order valence-electron chi connectivity index (χ1n) is 10.9. The molecule has 2 N–H and O–H groups in total. The molecular formula is C23H30F2N4O2. The van der Waals surface area contributed by atoms with E-state index in [1.54, 1.807) is 6.92 Å². The smallest absolute Gasteiger partial charge is 0.303 e. The molecule has 1 aliphatic heterocycles. The molecule has 0 fully saturated rings. The molecule has 0 aromatic carbocycles. The third-order valence-electron chi connectivity index (χ3n) is 5.67. The van der Waals surface area contributed by atoms with Gasteiger partial charge in [0, 0.05) is 43.4 Å². The van der Waals surface area contributed by atoms with Gasteiger partial charge in [0.2, 0.25) is 5.92 Å². The van der Waals surface area contributed by atoms with Crippen LogP contribution >= 0.6 is 0 Å². The summed E-state index contributed by atoms with van der Waals surface area (Å²) >= 11 is 0. The second-order valence-corrected chi connectivity index (χ2v) is 8.32. The molecule has 0 unspecified atom stereocenters. The number of rotatable bonds is 10. The van der Waals surface area contributed by atoms with Gasteiger partial charge in [0.15, 0.2) is 0 Å². The Balaban J connectivity index is 1.52. The first-order chi connectivity index (χ1) is 14.8. The summed E-state index contributed by atoms with van der Waals surface area (Å²) in [7, 11) is 0. The highest BCUT2D eigenvalue weighted by Gasteiger charge is 2.34. The third-order valence-corrected chi connectivity index (χ3v) is 5.67. The number of carboxylic acid groups (broad SMARTS) is 1. The van der Waals surface area contributed by atoms with E-state index in [0.717, 1.165) is 37.3 Å². The fourth-order valence-corrected chi connectivity index (χ4v) is 3.95. The van der Waals surface area contributed by atoms with Crippen molar-refractivity contribution in [3.63, 3.8) is 0 Å². The highest BCUT2D eigenvalue weighted by Crippen LogP contribution is 2.35. The van der Waals surface area contributed by atoms with Gasteiger partial charge in [0.1, 0.15) is 11.6 Å². The summed E-state index contributed by atoms with van der Waals surface area (Å²) in [6.07, 6.45) is 6.63. The number of nitrogens with one attached hydrogen (secondary N) is 1. The lowest BCUT2D eigenvalue weighted by Crippen LogP contribution is -2.22. The number of hydrogen-bond donors (Lipinski definition) is 2.